The average molecular weight is 668 g/mol. The number of nitrogens with zero attached hydrogens (tertiary/aromatic N) is 2. The number of phenolic OH excluding ortho intramolecular Hbond substituents is 1. The van der Waals surface area contributed by atoms with Gasteiger partial charge in [0, 0.05) is 43.6 Å². The van der Waals surface area contributed by atoms with E-state index >= 15 is 0 Å². The molecule has 0 aliphatic rings. The zero-order chi connectivity index (χ0) is 30.4. The van der Waals surface area contributed by atoms with Crippen LogP contribution in [0.3, 0.4) is 0 Å². The Balaban J connectivity index is 0.00000384. The molecule has 2 aromatic heterocycles. The largest absolute Gasteiger partial charge is 0.507 e. The summed E-state index contributed by atoms with van der Waals surface area (Å²) in [6.07, 6.45) is 1.91. The summed E-state index contributed by atoms with van der Waals surface area (Å²) in [6, 6.07) is 38.6. The van der Waals surface area contributed by atoms with Gasteiger partial charge in [-0.05, 0) is 62.1 Å². The molecule has 6 rings (SSSR count). The Morgan fingerprint density at radius 1 is 0.568 bits per heavy atom. The number of pyridine rings is 2. The van der Waals surface area contributed by atoms with Crippen LogP contribution >= 0.6 is 0 Å². The van der Waals surface area contributed by atoms with Crippen LogP contribution in [0.25, 0.3) is 55.7 Å². The summed E-state index contributed by atoms with van der Waals surface area (Å²) in [5.74, 6) is 0.204. The summed E-state index contributed by atoms with van der Waals surface area (Å²) < 4.78 is 0. The van der Waals surface area contributed by atoms with E-state index in [0.29, 0.717) is 11.3 Å². The number of hydrogen-bond acceptors (Lipinski definition) is 3. The number of para-hydroxylation sites is 1. The standard InChI is InChI=1S/C40H37N2O.Pd/c1-39(2,3)32-19-30(20-33(24-32)40(4,5)6)31-22-36(42-37(23-31)34-16-9-10-17-38(34)43)28-15-11-14-27(18-28)35-21-26-12-7-8-13-29(26)25-41-35;/h7-17,19-25,43H,1-6H3;/q-1;. The van der Waals surface area contributed by atoms with Gasteiger partial charge in [0.1, 0.15) is 5.75 Å². The molecule has 0 atom stereocenters. The number of phenols is 1. The van der Waals surface area contributed by atoms with E-state index in [2.05, 4.69) is 96.1 Å². The van der Waals surface area contributed by atoms with E-state index in [9.17, 15) is 5.11 Å². The predicted octanol–water partition coefficient (Wildman–Crippen LogP) is 10.4. The van der Waals surface area contributed by atoms with E-state index in [-0.39, 0.29) is 37.0 Å². The van der Waals surface area contributed by atoms with Crippen LogP contribution in [-0.4, -0.2) is 15.1 Å². The Morgan fingerprint density at radius 3 is 1.80 bits per heavy atom. The first-order valence-electron chi connectivity index (χ1n) is 14.8. The molecule has 4 aromatic carbocycles. The van der Waals surface area contributed by atoms with Gasteiger partial charge in [-0.15, -0.1) is 24.3 Å². The van der Waals surface area contributed by atoms with E-state index in [1.54, 1.807) is 6.07 Å². The zero-order valence-corrected chi connectivity index (χ0v) is 27.6. The van der Waals surface area contributed by atoms with Crippen LogP contribution in [0, 0.1) is 6.07 Å². The van der Waals surface area contributed by atoms with Gasteiger partial charge in [0.25, 0.3) is 0 Å². The van der Waals surface area contributed by atoms with Crippen LogP contribution in [0.1, 0.15) is 52.7 Å². The topological polar surface area (TPSA) is 46.0 Å². The molecule has 4 heteroatoms. The van der Waals surface area contributed by atoms with Crippen molar-refractivity contribution in [3.05, 3.63) is 127 Å². The van der Waals surface area contributed by atoms with Gasteiger partial charge in [-0.2, -0.15) is 0 Å². The first-order valence-corrected chi connectivity index (χ1v) is 14.8. The number of aromatic nitrogens is 2. The van der Waals surface area contributed by atoms with Gasteiger partial charge in [0.15, 0.2) is 0 Å². The minimum absolute atomic E-state index is 0. The number of rotatable bonds is 4. The van der Waals surface area contributed by atoms with E-state index in [1.165, 1.54) is 11.1 Å². The molecule has 0 saturated carbocycles. The van der Waals surface area contributed by atoms with Crippen LogP contribution in [0.15, 0.2) is 109 Å². The third kappa shape index (κ3) is 6.53. The van der Waals surface area contributed by atoms with E-state index < -0.39 is 0 Å². The Hall–Kier alpha value is -4.10. The molecule has 0 spiro atoms. The number of fused-ring (bicyclic) bond motifs is 1. The predicted molar refractivity (Wildman–Crippen MR) is 179 cm³/mol. The smallest absolute Gasteiger partial charge is 0.124 e. The molecule has 0 aliphatic carbocycles. The first kappa shape index (κ1) is 31.3. The first-order chi connectivity index (χ1) is 20.5. The van der Waals surface area contributed by atoms with Crippen molar-refractivity contribution < 1.29 is 25.5 Å². The molecular formula is C40H37N2OPd-. The molecule has 2 heterocycles. The quantitative estimate of drug-likeness (QED) is 0.150. The van der Waals surface area contributed by atoms with Crippen molar-refractivity contribution in [2.45, 2.75) is 52.4 Å². The van der Waals surface area contributed by atoms with Gasteiger partial charge in [-0.25, -0.2) is 0 Å². The molecule has 3 nitrogen and oxygen atoms in total. The monoisotopic (exact) mass is 667 g/mol. The maximum Gasteiger partial charge on any atom is 0.124 e. The van der Waals surface area contributed by atoms with E-state index in [1.807, 2.05) is 54.7 Å². The van der Waals surface area contributed by atoms with Crippen molar-refractivity contribution in [3.8, 4) is 50.6 Å². The fourth-order valence-electron chi connectivity index (χ4n) is 5.32. The molecule has 6 aromatic rings. The van der Waals surface area contributed by atoms with Crippen LogP contribution < -0.4 is 0 Å². The van der Waals surface area contributed by atoms with Crippen molar-refractivity contribution in [3.63, 3.8) is 0 Å². The summed E-state index contributed by atoms with van der Waals surface area (Å²) >= 11 is 0. The van der Waals surface area contributed by atoms with Crippen molar-refractivity contribution in [2.75, 3.05) is 0 Å². The molecule has 0 amide bonds. The maximum absolute atomic E-state index is 10.8. The van der Waals surface area contributed by atoms with Crippen LogP contribution in [0.5, 0.6) is 5.75 Å². The molecule has 224 valence electrons. The molecule has 0 fully saturated rings. The second kappa shape index (κ2) is 12.1. The van der Waals surface area contributed by atoms with Crippen LogP contribution in [-0.2, 0) is 31.3 Å². The summed E-state index contributed by atoms with van der Waals surface area (Å²) in [7, 11) is 0. The van der Waals surface area contributed by atoms with Crippen molar-refractivity contribution in [1.82, 2.24) is 9.97 Å². The fraction of sp³-hybridized carbons (Fsp3) is 0.200. The van der Waals surface area contributed by atoms with Crippen LogP contribution in [0.2, 0.25) is 0 Å². The SMILES string of the molecule is CC(C)(C)c1cc(-c2cc(-c3[c-]c(-c4cc5ccccc5cn4)ccc3)nc(-c3ccccc3O)c2)cc(C(C)(C)C)c1.[Pd]. The molecule has 0 unspecified atom stereocenters. The van der Waals surface area contributed by atoms with Gasteiger partial charge >= 0.3 is 0 Å². The molecule has 0 saturated heterocycles. The third-order valence-corrected chi connectivity index (χ3v) is 7.98. The zero-order valence-electron chi connectivity index (χ0n) is 26.1. The van der Waals surface area contributed by atoms with Crippen LogP contribution in [0.4, 0.5) is 0 Å². The Bertz CT molecular complexity index is 1930. The van der Waals surface area contributed by atoms with Gasteiger partial charge in [0.2, 0.25) is 0 Å². The second-order valence-corrected chi connectivity index (χ2v) is 13.3. The van der Waals surface area contributed by atoms with Crippen molar-refractivity contribution in [2.24, 2.45) is 0 Å². The third-order valence-electron chi connectivity index (χ3n) is 7.98. The van der Waals surface area contributed by atoms with Gasteiger partial charge < -0.3 is 5.11 Å². The Labute approximate surface area is 274 Å². The number of aromatic hydroxyl groups is 1. The average Bonchev–Trinajstić information content (AvgIpc) is 3.00. The normalized spacial score (nSPS) is 11.8. The summed E-state index contributed by atoms with van der Waals surface area (Å²) in [4.78, 5) is 9.81. The summed E-state index contributed by atoms with van der Waals surface area (Å²) in [5.41, 5.74) is 9.56. The molecular weight excluding hydrogens is 631 g/mol. The minimum Gasteiger partial charge on any atom is -0.507 e. The number of hydrogen-bond donors (Lipinski definition) is 1. The number of benzene rings is 4. The Kier molecular flexibility index (Phi) is 8.63. The Morgan fingerprint density at radius 2 is 1.14 bits per heavy atom. The molecule has 0 bridgehead atoms. The molecule has 1 N–H and O–H groups in total. The molecule has 44 heavy (non-hydrogen) atoms. The fourth-order valence-corrected chi connectivity index (χ4v) is 5.32. The van der Waals surface area contributed by atoms with Gasteiger partial charge in [-0.3, -0.25) is 9.97 Å². The summed E-state index contributed by atoms with van der Waals surface area (Å²) in [5, 5.41) is 13.1. The van der Waals surface area contributed by atoms with Gasteiger partial charge in [0.05, 0.1) is 5.69 Å². The minimum atomic E-state index is -0.0125. The van der Waals surface area contributed by atoms with Crippen molar-refractivity contribution >= 4 is 10.8 Å². The van der Waals surface area contributed by atoms with E-state index in [0.717, 1.165) is 44.4 Å². The molecule has 0 aliphatic heterocycles. The summed E-state index contributed by atoms with van der Waals surface area (Å²) in [6.45, 7) is 13.5. The molecule has 0 radical (unpaired) electrons. The second-order valence-electron chi connectivity index (χ2n) is 13.3. The van der Waals surface area contributed by atoms with E-state index in [4.69, 9.17) is 9.97 Å². The van der Waals surface area contributed by atoms with Gasteiger partial charge in [-0.1, -0.05) is 119 Å². The van der Waals surface area contributed by atoms with Crippen molar-refractivity contribution in [1.29, 1.82) is 0 Å². The maximum atomic E-state index is 10.8.